The van der Waals surface area contributed by atoms with Gasteiger partial charge in [0.1, 0.15) is 17.9 Å². The third kappa shape index (κ3) is 4.68. The van der Waals surface area contributed by atoms with Crippen LogP contribution in [0.3, 0.4) is 0 Å². The first-order chi connectivity index (χ1) is 14.3. The summed E-state index contributed by atoms with van der Waals surface area (Å²) in [6.45, 7) is 4.24. The molecule has 5 nitrogen and oxygen atoms in total. The first-order valence-electron chi connectivity index (χ1n) is 9.24. The average molecular weight is 485 g/mol. The van der Waals surface area contributed by atoms with Crippen molar-refractivity contribution in [2.45, 2.75) is 13.0 Å². The predicted molar refractivity (Wildman–Crippen MR) is 125 cm³/mol. The lowest BCUT2D eigenvalue weighted by molar-refractivity contribution is -0.132. The summed E-state index contributed by atoms with van der Waals surface area (Å²) in [6.07, 6.45) is 3.97. The van der Waals surface area contributed by atoms with Gasteiger partial charge in [0.25, 0.3) is 11.8 Å². The molecule has 2 aromatic carbocycles. The first kappa shape index (κ1) is 21.9. The molecule has 3 rings (SSSR count). The quantitative estimate of drug-likeness (QED) is 0.264. The number of benzene rings is 2. The number of halogens is 1. The minimum Gasteiger partial charge on any atom is -0.489 e. The van der Waals surface area contributed by atoms with Gasteiger partial charge in [-0.25, -0.2) is 0 Å². The number of hydrogen-bond donors (Lipinski definition) is 0. The SMILES string of the molecule is C=CCc1cc(C=C2C(=O)N(C)C(=S)N(C)C2=O)ccc1OCc1ccc(Br)cc1. The lowest BCUT2D eigenvalue weighted by atomic mass is 10.0. The third-order valence-corrected chi connectivity index (χ3v) is 5.79. The van der Waals surface area contributed by atoms with Gasteiger partial charge in [-0.15, -0.1) is 6.58 Å². The summed E-state index contributed by atoms with van der Waals surface area (Å²) in [5.41, 5.74) is 2.77. The van der Waals surface area contributed by atoms with E-state index in [0.717, 1.165) is 26.9 Å². The lowest BCUT2D eigenvalue weighted by Crippen LogP contribution is -2.52. The van der Waals surface area contributed by atoms with Crippen LogP contribution in [-0.2, 0) is 22.6 Å². The van der Waals surface area contributed by atoms with Crippen LogP contribution in [0.2, 0.25) is 0 Å². The molecule has 0 unspecified atom stereocenters. The summed E-state index contributed by atoms with van der Waals surface area (Å²) in [5.74, 6) is -0.0930. The van der Waals surface area contributed by atoms with E-state index in [1.54, 1.807) is 26.2 Å². The van der Waals surface area contributed by atoms with Gasteiger partial charge in [-0.3, -0.25) is 19.4 Å². The molecule has 0 aliphatic carbocycles. The summed E-state index contributed by atoms with van der Waals surface area (Å²) in [4.78, 5) is 27.7. The van der Waals surface area contributed by atoms with Crippen LogP contribution in [0, 0.1) is 0 Å². The highest BCUT2D eigenvalue weighted by Crippen LogP contribution is 2.25. The molecular formula is C23H21BrN2O3S. The summed E-state index contributed by atoms with van der Waals surface area (Å²) < 4.78 is 7.01. The molecule has 1 aliphatic heterocycles. The van der Waals surface area contributed by atoms with Crippen LogP contribution >= 0.6 is 28.1 Å². The Kier molecular flexibility index (Phi) is 6.84. The summed E-state index contributed by atoms with van der Waals surface area (Å²) >= 11 is 8.55. The number of carbonyl (C=O) groups excluding carboxylic acids is 2. The number of rotatable bonds is 6. The maximum Gasteiger partial charge on any atom is 0.265 e. The molecular weight excluding hydrogens is 464 g/mol. The number of nitrogens with zero attached hydrogens (tertiary/aromatic N) is 2. The van der Waals surface area contributed by atoms with Gasteiger partial charge in [-0.2, -0.15) is 0 Å². The Hall–Kier alpha value is -2.77. The van der Waals surface area contributed by atoms with E-state index < -0.39 is 11.8 Å². The highest BCUT2D eigenvalue weighted by atomic mass is 79.9. The fourth-order valence-electron chi connectivity index (χ4n) is 3.03. The molecule has 30 heavy (non-hydrogen) atoms. The number of carbonyl (C=O) groups is 2. The molecule has 1 aliphatic rings. The third-order valence-electron chi connectivity index (χ3n) is 4.71. The van der Waals surface area contributed by atoms with E-state index in [1.807, 2.05) is 42.5 Å². The molecule has 1 saturated heterocycles. The monoisotopic (exact) mass is 484 g/mol. The van der Waals surface area contributed by atoms with Gasteiger partial charge in [0, 0.05) is 18.6 Å². The topological polar surface area (TPSA) is 49.9 Å². The molecule has 1 heterocycles. The van der Waals surface area contributed by atoms with E-state index in [4.69, 9.17) is 17.0 Å². The molecule has 0 radical (unpaired) electrons. The van der Waals surface area contributed by atoms with Crippen LogP contribution < -0.4 is 4.74 Å². The summed E-state index contributed by atoms with van der Waals surface area (Å²) in [6, 6.07) is 13.5. The molecule has 0 saturated carbocycles. The van der Waals surface area contributed by atoms with Gasteiger partial charge in [-0.05, 0) is 65.7 Å². The van der Waals surface area contributed by atoms with Gasteiger partial charge in [0.2, 0.25) is 0 Å². The average Bonchev–Trinajstić information content (AvgIpc) is 2.74. The van der Waals surface area contributed by atoms with Crippen molar-refractivity contribution in [2.75, 3.05) is 14.1 Å². The van der Waals surface area contributed by atoms with Crippen molar-refractivity contribution < 1.29 is 14.3 Å². The molecule has 0 N–H and O–H groups in total. The van der Waals surface area contributed by atoms with Crippen molar-refractivity contribution in [1.82, 2.24) is 9.80 Å². The Bertz CT molecular complexity index is 1020. The molecule has 2 aromatic rings. The lowest BCUT2D eigenvalue weighted by Gasteiger charge is -2.31. The highest BCUT2D eigenvalue weighted by Gasteiger charge is 2.35. The molecule has 1 fully saturated rings. The Balaban J connectivity index is 1.87. The first-order valence-corrected chi connectivity index (χ1v) is 10.4. The predicted octanol–water partition coefficient (Wildman–Crippen LogP) is 4.36. The van der Waals surface area contributed by atoms with Crippen molar-refractivity contribution in [3.8, 4) is 5.75 Å². The maximum absolute atomic E-state index is 12.5. The van der Waals surface area contributed by atoms with E-state index in [9.17, 15) is 9.59 Å². The van der Waals surface area contributed by atoms with Gasteiger partial charge >= 0.3 is 0 Å². The fraction of sp³-hybridized carbons (Fsp3) is 0.174. The standard InChI is InChI=1S/C23H21BrN2O3S/c1-4-5-17-12-16(13-19-21(27)25(2)23(30)26(3)22(19)28)8-11-20(17)29-14-15-6-9-18(24)10-7-15/h4,6-13H,1,5,14H2,2-3H3. The van der Waals surface area contributed by atoms with Crippen molar-refractivity contribution in [1.29, 1.82) is 0 Å². The summed E-state index contributed by atoms with van der Waals surface area (Å²) in [7, 11) is 3.12. The molecule has 0 atom stereocenters. The van der Waals surface area contributed by atoms with Crippen molar-refractivity contribution in [2.24, 2.45) is 0 Å². The van der Waals surface area contributed by atoms with Crippen molar-refractivity contribution in [3.63, 3.8) is 0 Å². The molecule has 2 amide bonds. The van der Waals surface area contributed by atoms with Crippen LogP contribution in [0.1, 0.15) is 16.7 Å². The maximum atomic E-state index is 12.5. The largest absolute Gasteiger partial charge is 0.489 e. The van der Waals surface area contributed by atoms with Gasteiger partial charge in [0.15, 0.2) is 5.11 Å². The minimum absolute atomic E-state index is 0.0710. The van der Waals surface area contributed by atoms with Gasteiger partial charge in [0.05, 0.1) is 0 Å². The zero-order chi connectivity index (χ0) is 21.8. The number of thiocarbonyl (C=S) groups is 1. The number of allylic oxidation sites excluding steroid dienone is 1. The van der Waals surface area contributed by atoms with Gasteiger partial charge < -0.3 is 4.74 Å². The highest BCUT2D eigenvalue weighted by molar-refractivity contribution is 9.10. The minimum atomic E-state index is -0.413. The van der Waals surface area contributed by atoms with E-state index in [0.29, 0.717) is 13.0 Å². The van der Waals surface area contributed by atoms with Gasteiger partial charge in [-0.1, -0.05) is 40.2 Å². The Morgan fingerprint density at radius 3 is 2.30 bits per heavy atom. The molecule has 0 bridgehead atoms. The zero-order valence-electron chi connectivity index (χ0n) is 16.7. The molecule has 0 spiro atoms. The Labute approximate surface area is 189 Å². The second-order valence-electron chi connectivity index (χ2n) is 6.84. The smallest absolute Gasteiger partial charge is 0.265 e. The molecule has 7 heteroatoms. The number of ether oxygens (including phenoxy) is 1. The number of amides is 2. The number of likely N-dealkylation sites (N-methyl/N-ethyl adjacent to an activating group) is 2. The zero-order valence-corrected chi connectivity index (χ0v) is 19.1. The normalized spacial score (nSPS) is 14.2. The molecule has 154 valence electrons. The van der Waals surface area contributed by atoms with E-state index in [-0.39, 0.29) is 10.7 Å². The second-order valence-corrected chi connectivity index (χ2v) is 8.12. The molecule has 0 aromatic heterocycles. The Morgan fingerprint density at radius 1 is 1.07 bits per heavy atom. The van der Waals surface area contributed by atoms with E-state index in [1.165, 1.54) is 9.80 Å². The fourth-order valence-corrected chi connectivity index (χ4v) is 3.46. The van der Waals surface area contributed by atoms with E-state index in [2.05, 4.69) is 22.5 Å². The van der Waals surface area contributed by atoms with Crippen molar-refractivity contribution >= 4 is 51.2 Å². The second kappa shape index (κ2) is 9.36. The van der Waals surface area contributed by atoms with Crippen molar-refractivity contribution in [3.05, 3.63) is 81.9 Å². The Morgan fingerprint density at radius 2 is 1.70 bits per heavy atom. The van der Waals surface area contributed by atoms with Crippen LogP contribution in [0.25, 0.3) is 6.08 Å². The van der Waals surface area contributed by atoms with Crippen LogP contribution in [0.15, 0.2) is 65.2 Å². The number of hydrogen-bond acceptors (Lipinski definition) is 4. The summed E-state index contributed by atoms with van der Waals surface area (Å²) in [5, 5.41) is 0.186. The van der Waals surface area contributed by atoms with Crippen LogP contribution in [-0.4, -0.2) is 40.8 Å². The van der Waals surface area contributed by atoms with E-state index >= 15 is 0 Å². The van der Waals surface area contributed by atoms with Crippen LogP contribution in [0.4, 0.5) is 0 Å². The van der Waals surface area contributed by atoms with Crippen LogP contribution in [0.5, 0.6) is 5.75 Å².